The third kappa shape index (κ3) is 3.80. The van der Waals surface area contributed by atoms with Crippen LogP contribution in [0.25, 0.3) is 6.08 Å². The van der Waals surface area contributed by atoms with Gasteiger partial charge in [-0.15, -0.1) is 0 Å². The number of alkyl halides is 3. The molecule has 0 radical (unpaired) electrons. The number of nitrogens with zero attached hydrogens (tertiary/aromatic N) is 1. The van der Waals surface area contributed by atoms with Crippen molar-refractivity contribution in [2.75, 3.05) is 7.11 Å². The smallest absolute Gasteiger partial charge is 0.423 e. The first-order chi connectivity index (χ1) is 8.75. The van der Waals surface area contributed by atoms with E-state index in [0.29, 0.717) is 6.08 Å². The number of benzene rings is 1. The normalized spacial score (nSPS) is 12.1. The Balaban J connectivity index is 3.16. The third-order valence-corrected chi connectivity index (χ3v) is 2.13. The molecule has 0 aliphatic carbocycles. The van der Waals surface area contributed by atoms with Crippen molar-refractivity contribution in [3.8, 4) is 0 Å². The van der Waals surface area contributed by atoms with Crippen LogP contribution >= 0.6 is 0 Å². The number of nitro groups is 1. The minimum atomic E-state index is -4.87. The molecule has 0 aliphatic rings. The molecule has 0 saturated carbocycles. The number of non-ortho nitro benzene ring substituents is 1. The molecular weight excluding hydrogens is 267 g/mol. The summed E-state index contributed by atoms with van der Waals surface area (Å²) < 4.78 is 41.8. The molecule has 0 atom stereocenters. The van der Waals surface area contributed by atoms with Gasteiger partial charge < -0.3 is 4.74 Å². The van der Waals surface area contributed by atoms with Crippen LogP contribution in [0.4, 0.5) is 18.9 Å². The monoisotopic (exact) mass is 275 g/mol. The average molecular weight is 275 g/mol. The highest BCUT2D eigenvalue weighted by Gasteiger charge is 2.39. The SMILES string of the molecule is COC(=O)/C(=C/c1ccc([N+](=O)[O-])cc1)C(F)(F)F. The Morgan fingerprint density at radius 2 is 1.84 bits per heavy atom. The molecule has 1 aromatic rings. The summed E-state index contributed by atoms with van der Waals surface area (Å²) in [7, 11) is 0.831. The summed E-state index contributed by atoms with van der Waals surface area (Å²) in [4.78, 5) is 20.7. The molecule has 0 unspecified atom stereocenters. The van der Waals surface area contributed by atoms with Gasteiger partial charge in [0.25, 0.3) is 5.69 Å². The molecule has 1 rings (SSSR count). The van der Waals surface area contributed by atoms with Crippen molar-refractivity contribution in [2.45, 2.75) is 6.18 Å². The number of hydrogen-bond acceptors (Lipinski definition) is 4. The van der Waals surface area contributed by atoms with Gasteiger partial charge in [-0.05, 0) is 23.8 Å². The summed E-state index contributed by atoms with van der Waals surface area (Å²) >= 11 is 0. The minimum absolute atomic E-state index is 0.00308. The molecule has 0 fully saturated rings. The van der Waals surface area contributed by atoms with Gasteiger partial charge in [-0.25, -0.2) is 4.79 Å². The van der Waals surface area contributed by atoms with Gasteiger partial charge in [-0.2, -0.15) is 13.2 Å². The molecule has 0 bridgehead atoms. The average Bonchev–Trinajstić information content (AvgIpc) is 2.34. The van der Waals surface area contributed by atoms with Gasteiger partial charge in [-0.3, -0.25) is 10.1 Å². The molecule has 8 heteroatoms. The molecule has 102 valence electrons. The van der Waals surface area contributed by atoms with Crippen LogP contribution in [-0.2, 0) is 9.53 Å². The Labute approximate surface area is 105 Å². The van der Waals surface area contributed by atoms with Crippen molar-refractivity contribution in [1.29, 1.82) is 0 Å². The largest absolute Gasteiger partial charge is 0.465 e. The third-order valence-electron chi connectivity index (χ3n) is 2.13. The zero-order chi connectivity index (χ0) is 14.6. The van der Waals surface area contributed by atoms with Crippen LogP contribution in [0.1, 0.15) is 5.56 Å². The second-order valence-corrected chi connectivity index (χ2v) is 3.40. The number of halogens is 3. The van der Waals surface area contributed by atoms with Crippen molar-refractivity contribution < 1.29 is 27.6 Å². The molecule has 0 heterocycles. The molecule has 0 N–H and O–H groups in total. The maximum absolute atomic E-state index is 12.6. The van der Waals surface area contributed by atoms with Gasteiger partial charge in [0, 0.05) is 12.1 Å². The number of hydrogen-bond donors (Lipinski definition) is 0. The lowest BCUT2D eigenvalue weighted by Crippen LogP contribution is -2.21. The molecule has 1 aromatic carbocycles. The van der Waals surface area contributed by atoms with Crippen molar-refractivity contribution in [3.63, 3.8) is 0 Å². The number of nitro benzene ring substituents is 1. The molecule has 0 aromatic heterocycles. The van der Waals surface area contributed by atoms with Crippen molar-refractivity contribution >= 4 is 17.7 Å². The highest BCUT2D eigenvalue weighted by Crippen LogP contribution is 2.28. The van der Waals surface area contributed by atoms with Crippen LogP contribution in [0, 0.1) is 10.1 Å². The number of ether oxygens (including phenoxy) is 1. The lowest BCUT2D eigenvalue weighted by molar-refractivity contribution is -0.384. The Bertz CT molecular complexity index is 520. The maximum atomic E-state index is 12.6. The minimum Gasteiger partial charge on any atom is -0.465 e. The summed E-state index contributed by atoms with van der Waals surface area (Å²) in [5.41, 5.74) is -1.74. The summed E-state index contributed by atoms with van der Waals surface area (Å²) in [6.07, 6.45) is -4.30. The molecule has 0 amide bonds. The fraction of sp³-hybridized carbons (Fsp3) is 0.182. The van der Waals surface area contributed by atoms with E-state index in [2.05, 4.69) is 4.74 Å². The highest BCUT2D eigenvalue weighted by atomic mass is 19.4. The molecule has 0 spiro atoms. The van der Waals surface area contributed by atoms with Gasteiger partial charge in [0.15, 0.2) is 0 Å². The molecule has 0 saturated heterocycles. The Morgan fingerprint density at radius 1 is 1.32 bits per heavy atom. The topological polar surface area (TPSA) is 69.4 Å². The van der Waals surface area contributed by atoms with E-state index in [4.69, 9.17) is 0 Å². The number of rotatable bonds is 3. The van der Waals surface area contributed by atoms with Crippen molar-refractivity contribution in [3.05, 3.63) is 45.5 Å². The number of methoxy groups -OCH3 is 1. The first-order valence-electron chi connectivity index (χ1n) is 4.87. The fourth-order valence-corrected chi connectivity index (χ4v) is 1.23. The van der Waals surface area contributed by atoms with Crippen molar-refractivity contribution in [2.24, 2.45) is 0 Å². The molecule has 19 heavy (non-hydrogen) atoms. The van der Waals surface area contributed by atoms with Gasteiger partial charge >= 0.3 is 12.1 Å². The summed E-state index contributed by atoms with van der Waals surface area (Å²) in [6.45, 7) is 0. The summed E-state index contributed by atoms with van der Waals surface area (Å²) in [5.74, 6) is -1.52. The fourth-order valence-electron chi connectivity index (χ4n) is 1.23. The predicted octanol–water partition coefficient (Wildman–Crippen LogP) is 2.71. The van der Waals surface area contributed by atoms with Crippen molar-refractivity contribution in [1.82, 2.24) is 0 Å². The van der Waals surface area contributed by atoms with Crippen LogP contribution in [0.15, 0.2) is 29.8 Å². The Morgan fingerprint density at radius 3 is 2.21 bits per heavy atom. The van der Waals surface area contributed by atoms with Crippen LogP contribution in [-0.4, -0.2) is 24.2 Å². The van der Waals surface area contributed by atoms with Gasteiger partial charge in [-0.1, -0.05) is 0 Å². The lowest BCUT2D eigenvalue weighted by atomic mass is 10.1. The molecule has 5 nitrogen and oxygen atoms in total. The zero-order valence-corrected chi connectivity index (χ0v) is 9.60. The van der Waals surface area contributed by atoms with E-state index in [9.17, 15) is 28.1 Å². The lowest BCUT2D eigenvalue weighted by Gasteiger charge is -2.09. The van der Waals surface area contributed by atoms with E-state index in [-0.39, 0.29) is 11.3 Å². The number of carbonyl (C=O) groups excluding carboxylic acids is 1. The van der Waals surface area contributed by atoms with Crippen LogP contribution in [0.5, 0.6) is 0 Å². The first-order valence-corrected chi connectivity index (χ1v) is 4.87. The second kappa shape index (κ2) is 5.51. The Hall–Kier alpha value is -2.38. The molecule has 0 aliphatic heterocycles. The van der Waals surface area contributed by atoms with Gasteiger partial charge in [0.05, 0.1) is 12.0 Å². The van der Waals surface area contributed by atoms with E-state index < -0.39 is 22.6 Å². The Kier molecular flexibility index (Phi) is 4.26. The zero-order valence-electron chi connectivity index (χ0n) is 9.60. The predicted molar refractivity (Wildman–Crippen MR) is 59.1 cm³/mol. The number of carbonyl (C=O) groups is 1. The van der Waals surface area contributed by atoms with E-state index in [1.54, 1.807) is 0 Å². The van der Waals surface area contributed by atoms with Gasteiger partial charge in [0.2, 0.25) is 0 Å². The van der Waals surface area contributed by atoms with E-state index in [0.717, 1.165) is 31.4 Å². The summed E-state index contributed by atoms with van der Waals surface area (Å²) in [5, 5.41) is 10.4. The number of esters is 1. The quantitative estimate of drug-likeness (QED) is 0.368. The van der Waals surface area contributed by atoms with Crippen LogP contribution < -0.4 is 0 Å². The standard InChI is InChI=1S/C11H8F3NO4/c1-19-10(16)9(11(12,13)14)6-7-2-4-8(5-3-7)15(17)18/h2-6H,1H3/b9-6-. The van der Waals surface area contributed by atoms with E-state index >= 15 is 0 Å². The van der Waals surface area contributed by atoms with Crippen LogP contribution in [0.3, 0.4) is 0 Å². The highest BCUT2D eigenvalue weighted by molar-refractivity contribution is 5.95. The maximum Gasteiger partial charge on any atom is 0.423 e. The first kappa shape index (κ1) is 14.7. The molecular formula is C11H8F3NO4. The van der Waals surface area contributed by atoms with E-state index in [1.165, 1.54) is 0 Å². The van der Waals surface area contributed by atoms with E-state index in [1.807, 2.05) is 0 Å². The van der Waals surface area contributed by atoms with Gasteiger partial charge in [0.1, 0.15) is 5.57 Å². The van der Waals surface area contributed by atoms with Crippen LogP contribution in [0.2, 0.25) is 0 Å². The second-order valence-electron chi connectivity index (χ2n) is 3.40. The summed E-state index contributed by atoms with van der Waals surface area (Å²) in [6, 6.07) is 4.29.